The van der Waals surface area contributed by atoms with Crippen LogP contribution in [0.15, 0.2) is 70.9 Å². The predicted octanol–water partition coefficient (Wildman–Crippen LogP) is 4.23. The normalized spacial score (nSPS) is 18.3. The number of carbonyl (C=O) groups excluding carboxylic acids is 2. The first-order chi connectivity index (χ1) is 14.9. The van der Waals surface area contributed by atoms with Crippen molar-refractivity contribution in [3.63, 3.8) is 0 Å². The smallest absolute Gasteiger partial charge is 0.302 e. The maximum atomic E-state index is 13.6. The number of fused-ring (bicyclic) bond motifs is 1. The number of aromatic amines is 1. The van der Waals surface area contributed by atoms with Crippen LogP contribution < -0.4 is 4.90 Å². The maximum absolute atomic E-state index is 13.6. The lowest BCUT2D eigenvalue weighted by atomic mass is 9.99. The number of anilines is 1. The first-order valence-electron chi connectivity index (χ1n) is 9.51. The summed E-state index contributed by atoms with van der Waals surface area (Å²) in [4.78, 5) is 34.4. The molecular formula is C23H16FN3O4. The standard InChI is InChI=1S/C23H16FN3O4/c1-12-4-6-13(7-5-12)20(28)18-19(17-3-2-10-31-17)27(22(30)21(18)29)23-25-15-9-8-14(24)11-16(15)26-23/h2-11,19,28H,1H3,(H,25,26)/b20-18+. The van der Waals surface area contributed by atoms with Gasteiger partial charge in [-0.15, -0.1) is 0 Å². The van der Waals surface area contributed by atoms with E-state index in [0.29, 0.717) is 16.6 Å². The molecule has 0 aliphatic carbocycles. The van der Waals surface area contributed by atoms with Gasteiger partial charge < -0.3 is 14.5 Å². The predicted molar refractivity (Wildman–Crippen MR) is 111 cm³/mol. The molecule has 5 rings (SSSR count). The zero-order valence-electron chi connectivity index (χ0n) is 16.3. The number of Topliss-reactive ketones (excluding diaryl/α,β-unsaturated/α-hetero) is 1. The highest BCUT2D eigenvalue weighted by Gasteiger charge is 2.49. The molecule has 4 aromatic rings. The third-order valence-corrected chi connectivity index (χ3v) is 5.24. The van der Waals surface area contributed by atoms with Crippen LogP contribution in [0.5, 0.6) is 0 Å². The average molecular weight is 417 g/mol. The monoisotopic (exact) mass is 417 g/mol. The van der Waals surface area contributed by atoms with Crippen LogP contribution in [0.3, 0.4) is 0 Å². The van der Waals surface area contributed by atoms with Crippen molar-refractivity contribution in [2.24, 2.45) is 0 Å². The van der Waals surface area contributed by atoms with Gasteiger partial charge in [-0.05, 0) is 37.3 Å². The molecule has 0 bridgehead atoms. The number of hydrogen-bond donors (Lipinski definition) is 2. The molecule has 1 fully saturated rings. The van der Waals surface area contributed by atoms with Crippen molar-refractivity contribution >= 4 is 34.4 Å². The van der Waals surface area contributed by atoms with E-state index in [1.54, 1.807) is 36.4 Å². The Balaban J connectivity index is 1.71. The highest BCUT2D eigenvalue weighted by Crippen LogP contribution is 2.41. The van der Waals surface area contributed by atoms with Gasteiger partial charge in [0, 0.05) is 5.56 Å². The molecule has 0 saturated carbocycles. The number of aromatic nitrogens is 2. The van der Waals surface area contributed by atoms with Crippen LogP contribution >= 0.6 is 0 Å². The molecule has 0 spiro atoms. The average Bonchev–Trinajstić information content (AvgIpc) is 3.47. The van der Waals surface area contributed by atoms with Crippen LogP contribution in [0.4, 0.5) is 10.3 Å². The van der Waals surface area contributed by atoms with Crippen LogP contribution in [0, 0.1) is 12.7 Å². The summed E-state index contributed by atoms with van der Waals surface area (Å²) in [5.41, 5.74) is 2.06. The Morgan fingerprint density at radius 1 is 1.16 bits per heavy atom. The minimum absolute atomic E-state index is 0.0482. The van der Waals surface area contributed by atoms with Crippen molar-refractivity contribution < 1.29 is 23.5 Å². The van der Waals surface area contributed by atoms with Gasteiger partial charge in [-0.1, -0.05) is 29.8 Å². The highest BCUT2D eigenvalue weighted by atomic mass is 19.1. The summed E-state index contributed by atoms with van der Waals surface area (Å²) < 4.78 is 19.1. The topological polar surface area (TPSA) is 99.4 Å². The third kappa shape index (κ3) is 3.00. The summed E-state index contributed by atoms with van der Waals surface area (Å²) >= 11 is 0. The quantitative estimate of drug-likeness (QED) is 0.295. The fraction of sp³-hybridized carbons (Fsp3) is 0.0870. The van der Waals surface area contributed by atoms with E-state index in [1.165, 1.54) is 24.5 Å². The summed E-state index contributed by atoms with van der Waals surface area (Å²) in [6.07, 6.45) is 1.41. The van der Waals surface area contributed by atoms with E-state index in [0.717, 1.165) is 10.5 Å². The Morgan fingerprint density at radius 3 is 2.65 bits per heavy atom. The summed E-state index contributed by atoms with van der Waals surface area (Å²) in [5.74, 6) is -2.21. The molecule has 154 valence electrons. The number of hydrogen-bond acceptors (Lipinski definition) is 5. The molecule has 2 aromatic carbocycles. The number of aliphatic hydroxyl groups is 1. The highest BCUT2D eigenvalue weighted by molar-refractivity contribution is 6.51. The van der Waals surface area contributed by atoms with Gasteiger partial charge in [-0.2, -0.15) is 0 Å². The van der Waals surface area contributed by atoms with Crippen LogP contribution in [0.25, 0.3) is 16.8 Å². The largest absolute Gasteiger partial charge is 0.507 e. The second kappa shape index (κ2) is 6.94. The van der Waals surface area contributed by atoms with E-state index in [1.807, 2.05) is 6.92 Å². The summed E-state index contributed by atoms with van der Waals surface area (Å²) in [6, 6.07) is 13.1. The van der Waals surface area contributed by atoms with Gasteiger partial charge in [0.15, 0.2) is 0 Å². The summed E-state index contributed by atoms with van der Waals surface area (Å²) in [7, 11) is 0. The van der Waals surface area contributed by atoms with Gasteiger partial charge >= 0.3 is 5.91 Å². The Kier molecular flexibility index (Phi) is 4.21. The van der Waals surface area contributed by atoms with Crippen LogP contribution in [-0.2, 0) is 9.59 Å². The molecule has 0 radical (unpaired) electrons. The second-order valence-corrected chi connectivity index (χ2v) is 7.27. The molecule has 31 heavy (non-hydrogen) atoms. The minimum Gasteiger partial charge on any atom is -0.507 e. The van der Waals surface area contributed by atoms with Crippen molar-refractivity contribution in [2.45, 2.75) is 13.0 Å². The summed E-state index contributed by atoms with van der Waals surface area (Å²) in [6.45, 7) is 1.90. The number of ketones is 1. The lowest BCUT2D eigenvalue weighted by Gasteiger charge is -2.20. The van der Waals surface area contributed by atoms with Gasteiger partial charge in [0.25, 0.3) is 5.78 Å². The van der Waals surface area contributed by atoms with Gasteiger partial charge in [-0.25, -0.2) is 9.37 Å². The molecule has 2 aromatic heterocycles. The number of rotatable bonds is 3. The van der Waals surface area contributed by atoms with E-state index in [2.05, 4.69) is 9.97 Å². The van der Waals surface area contributed by atoms with Gasteiger partial charge in [-0.3, -0.25) is 14.5 Å². The minimum atomic E-state index is -1.04. The maximum Gasteiger partial charge on any atom is 0.302 e. The number of amides is 1. The molecule has 8 heteroatoms. The number of imidazole rings is 1. The first kappa shape index (κ1) is 18.8. The Morgan fingerprint density at radius 2 is 1.94 bits per heavy atom. The SMILES string of the molecule is Cc1ccc(/C(O)=C2\C(=O)C(=O)N(c3nc4ccc(F)cc4[nH]3)C2c2ccco2)cc1. The first-order valence-corrected chi connectivity index (χ1v) is 9.51. The van der Waals surface area contributed by atoms with E-state index < -0.39 is 23.5 Å². The van der Waals surface area contributed by atoms with Crippen LogP contribution in [0.1, 0.15) is 22.9 Å². The van der Waals surface area contributed by atoms with E-state index >= 15 is 0 Å². The number of nitrogens with one attached hydrogen (secondary N) is 1. The molecule has 1 amide bonds. The number of halogens is 1. The van der Waals surface area contributed by atoms with Crippen molar-refractivity contribution in [1.29, 1.82) is 0 Å². The number of carbonyl (C=O) groups is 2. The molecule has 1 unspecified atom stereocenters. The lowest BCUT2D eigenvalue weighted by Crippen LogP contribution is -2.30. The lowest BCUT2D eigenvalue weighted by molar-refractivity contribution is -0.132. The Hall–Kier alpha value is -4.20. The fourth-order valence-corrected chi connectivity index (χ4v) is 3.72. The number of aliphatic hydroxyl groups excluding tert-OH is 1. The summed E-state index contributed by atoms with van der Waals surface area (Å²) in [5, 5.41) is 11.0. The second-order valence-electron chi connectivity index (χ2n) is 7.27. The number of nitrogens with zero attached hydrogens (tertiary/aromatic N) is 2. The van der Waals surface area contributed by atoms with E-state index in [-0.39, 0.29) is 23.0 Å². The van der Waals surface area contributed by atoms with Crippen molar-refractivity contribution in [2.75, 3.05) is 4.90 Å². The molecule has 1 aliphatic rings. The van der Waals surface area contributed by atoms with Gasteiger partial charge in [0.2, 0.25) is 5.95 Å². The van der Waals surface area contributed by atoms with Crippen molar-refractivity contribution in [3.05, 3.63) is 89.1 Å². The van der Waals surface area contributed by atoms with Crippen LogP contribution in [-0.4, -0.2) is 26.8 Å². The molecular weight excluding hydrogens is 401 g/mol. The van der Waals surface area contributed by atoms with Crippen molar-refractivity contribution in [3.8, 4) is 0 Å². The Labute approximate surface area is 175 Å². The molecule has 1 saturated heterocycles. The zero-order valence-corrected chi connectivity index (χ0v) is 16.3. The molecule has 7 nitrogen and oxygen atoms in total. The van der Waals surface area contributed by atoms with Crippen molar-refractivity contribution in [1.82, 2.24) is 9.97 Å². The number of H-pyrrole nitrogens is 1. The van der Waals surface area contributed by atoms with E-state index in [9.17, 15) is 19.1 Å². The zero-order chi connectivity index (χ0) is 21.7. The molecule has 2 N–H and O–H groups in total. The number of furan rings is 1. The molecule has 3 heterocycles. The third-order valence-electron chi connectivity index (χ3n) is 5.24. The van der Waals surface area contributed by atoms with Gasteiger partial charge in [0.05, 0.1) is 22.9 Å². The Bertz CT molecular complexity index is 1350. The molecule has 1 atom stereocenters. The number of benzene rings is 2. The van der Waals surface area contributed by atoms with E-state index in [4.69, 9.17) is 4.42 Å². The van der Waals surface area contributed by atoms with Gasteiger partial charge in [0.1, 0.15) is 23.4 Å². The fourth-order valence-electron chi connectivity index (χ4n) is 3.72. The van der Waals surface area contributed by atoms with Crippen LogP contribution in [0.2, 0.25) is 0 Å². The number of aryl methyl sites for hydroxylation is 1. The molecule has 1 aliphatic heterocycles.